The van der Waals surface area contributed by atoms with E-state index in [9.17, 15) is 10.2 Å². The van der Waals surface area contributed by atoms with Crippen molar-refractivity contribution in [2.24, 2.45) is 16.7 Å². The molecule has 3 atom stereocenters. The van der Waals surface area contributed by atoms with Crippen molar-refractivity contribution >= 4 is 0 Å². The number of aliphatic hydroxyl groups is 2. The van der Waals surface area contributed by atoms with Gasteiger partial charge >= 0.3 is 0 Å². The van der Waals surface area contributed by atoms with Crippen LogP contribution >= 0.6 is 0 Å². The Balaban J connectivity index is 1.76. The second-order valence-electron chi connectivity index (χ2n) is 8.38. The smallest absolute Gasteiger partial charge is 0.0771 e. The molecule has 0 radical (unpaired) electrons. The molecular weight excluding hydrogens is 260 g/mol. The highest BCUT2D eigenvalue weighted by molar-refractivity contribution is 5.35. The zero-order valence-electron chi connectivity index (χ0n) is 13.7. The van der Waals surface area contributed by atoms with Crippen molar-refractivity contribution in [1.82, 2.24) is 0 Å². The van der Waals surface area contributed by atoms with E-state index in [2.05, 4.69) is 19.1 Å². The molecule has 3 aliphatic carbocycles. The lowest BCUT2D eigenvalue weighted by Gasteiger charge is -2.44. The molecule has 0 amide bonds. The highest BCUT2D eigenvalue weighted by Crippen LogP contribution is 2.66. The lowest BCUT2D eigenvalue weighted by Crippen LogP contribution is -2.40. The Labute approximate surface area is 128 Å². The molecule has 0 aromatic rings. The molecule has 118 valence electrons. The maximum absolute atomic E-state index is 10.4. The third kappa shape index (κ3) is 2.73. The fourth-order valence-electron chi connectivity index (χ4n) is 4.85. The Kier molecular flexibility index (Phi) is 3.61. The van der Waals surface area contributed by atoms with Crippen molar-refractivity contribution in [3.63, 3.8) is 0 Å². The first kappa shape index (κ1) is 15.3. The van der Waals surface area contributed by atoms with Crippen molar-refractivity contribution in [3.05, 3.63) is 23.8 Å². The molecule has 0 aromatic carbocycles. The maximum atomic E-state index is 10.4. The van der Waals surface area contributed by atoms with Gasteiger partial charge in [-0.3, -0.25) is 0 Å². The van der Waals surface area contributed by atoms with E-state index in [4.69, 9.17) is 0 Å². The van der Waals surface area contributed by atoms with Gasteiger partial charge in [0.25, 0.3) is 0 Å². The number of rotatable bonds is 4. The lowest BCUT2D eigenvalue weighted by molar-refractivity contribution is 0.00683. The molecule has 2 fully saturated rings. The van der Waals surface area contributed by atoms with Gasteiger partial charge in [0.05, 0.1) is 11.7 Å². The summed E-state index contributed by atoms with van der Waals surface area (Å²) >= 11 is 0. The van der Waals surface area contributed by atoms with Gasteiger partial charge in [0.1, 0.15) is 0 Å². The van der Waals surface area contributed by atoms with Crippen molar-refractivity contribution in [2.75, 3.05) is 0 Å². The summed E-state index contributed by atoms with van der Waals surface area (Å²) in [6.45, 7) is 6.04. The highest BCUT2D eigenvalue weighted by atomic mass is 16.3. The van der Waals surface area contributed by atoms with Gasteiger partial charge in [-0.05, 0) is 75.5 Å². The first-order valence-corrected chi connectivity index (χ1v) is 8.56. The molecule has 0 spiro atoms. The standard InChI is InChI=1S/C19H30O2/c1-17(2,21)9-5-11-19(12-13-19)16-8-7-14-15(20)6-4-10-18(14,16)3/h5,8-9,14-15,20-21H,4,6-7,10-13H2,1-3H3/t14?,15-,18-/m0/s1. The SMILES string of the molecule is CC(C)(O)C=CCC1(C2=CCC3[C@@H](O)CCC[C@]23C)CC1. The molecule has 0 saturated heterocycles. The van der Waals surface area contributed by atoms with Crippen LogP contribution in [0.15, 0.2) is 23.8 Å². The highest BCUT2D eigenvalue weighted by Gasteiger charge is 2.56. The van der Waals surface area contributed by atoms with E-state index in [-0.39, 0.29) is 11.5 Å². The van der Waals surface area contributed by atoms with Crippen molar-refractivity contribution in [1.29, 1.82) is 0 Å². The Hall–Kier alpha value is -0.600. The van der Waals surface area contributed by atoms with Crippen molar-refractivity contribution in [3.8, 4) is 0 Å². The van der Waals surface area contributed by atoms with Gasteiger partial charge in [-0.1, -0.05) is 30.7 Å². The predicted octanol–water partition coefficient (Wildman–Crippen LogP) is 3.98. The summed E-state index contributed by atoms with van der Waals surface area (Å²) in [6.07, 6.45) is 14.4. The summed E-state index contributed by atoms with van der Waals surface area (Å²) in [4.78, 5) is 0. The number of fused-ring (bicyclic) bond motifs is 1. The summed E-state index contributed by atoms with van der Waals surface area (Å²) in [5.74, 6) is 0.442. The Morgan fingerprint density at radius 1 is 1.33 bits per heavy atom. The Morgan fingerprint density at radius 2 is 2.05 bits per heavy atom. The van der Waals surface area contributed by atoms with Gasteiger partial charge in [0.15, 0.2) is 0 Å². The number of aliphatic hydroxyl groups excluding tert-OH is 1. The molecule has 2 N–H and O–H groups in total. The van der Waals surface area contributed by atoms with Crippen LogP contribution in [0, 0.1) is 16.7 Å². The fraction of sp³-hybridized carbons (Fsp3) is 0.789. The summed E-state index contributed by atoms with van der Waals surface area (Å²) in [5, 5.41) is 20.2. The zero-order chi connectivity index (χ0) is 15.3. The molecule has 0 bridgehead atoms. The van der Waals surface area contributed by atoms with Gasteiger partial charge in [-0.15, -0.1) is 0 Å². The molecule has 1 unspecified atom stereocenters. The summed E-state index contributed by atoms with van der Waals surface area (Å²) in [7, 11) is 0. The molecule has 0 aromatic heterocycles. The van der Waals surface area contributed by atoms with Gasteiger partial charge < -0.3 is 10.2 Å². The van der Waals surface area contributed by atoms with Crippen molar-refractivity contribution in [2.45, 2.75) is 77.4 Å². The molecule has 2 saturated carbocycles. The average Bonchev–Trinajstić information content (AvgIpc) is 3.03. The summed E-state index contributed by atoms with van der Waals surface area (Å²) in [6, 6.07) is 0. The Bertz CT molecular complexity index is 464. The Morgan fingerprint density at radius 3 is 2.67 bits per heavy atom. The van der Waals surface area contributed by atoms with E-state index in [1.807, 2.05) is 19.9 Å². The van der Waals surface area contributed by atoms with E-state index in [0.717, 1.165) is 25.7 Å². The minimum Gasteiger partial charge on any atom is -0.393 e. The number of hydrogen-bond donors (Lipinski definition) is 2. The van der Waals surface area contributed by atoms with Crippen LogP contribution in [0.5, 0.6) is 0 Å². The van der Waals surface area contributed by atoms with Crippen LogP contribution in [0.1, 0.15) is 65.7 Å². The quantitative estimate of drug-likeness (QED) is 0.769. The maximum Gasteiger partial charge on any atom is 0.0771 e. The van der Waals surface area contributed by atoms with E-state index >= 15 is 0 Å². The van der Waals surface area contributed by atoms with Gasteiger partial charge in [-0.25, -0.2) is 0 Å². The van der Waals surface area contributed by atoms with Gasteiger partial charge in [-0.2, -0.15) is 0 Å². The molecule has 0 heterocycles. The van der Waals surface area contributed by atoms with E-state index in [1.165, 1.54) is 19.3 Å². The van der Waals surface area contributed by atoms with Crippen LogP contribution in [-0.2, 0) is 0 Å². The largest absolute Gasteiger partial charge is 0.393 e. The van der Waals surface area contributed by atoms with Crippen LogP contribution in [0.3, 0.4) is 0 Å². The fourth-order valence-corrected chi connectivity index (χ4v) is 4.85. The second-order valence-corrected chi connectivity index (χ2v) is 8.38. The number of allylic oxidation sites excluding steroid dienone is 3. The van der Waals surface area contributed by atoms with Gasteiger partial charge in [0, 0.05) is 0 Å². The second kappa shape index (κ2) is 4.96. The molecular formula is C19H30O2. The minimum absolute atomic E-state index is 0.111. The molecule has 3 rings (SSSR count). The molecule has 3 aliphatic rings. The van der Waals surface area contributed by atoms with Crippen LogP contribution in [0.2, 0.25) is 0 Å². The first-order valence-electron chi connectivity index (χ1n) is 8.56. The van der Waals surface area contributed by atoms with Crippen LogP contribution in [0.4, 0.5) is 0 Å². The topological polar surface area (TPSA) is 40.5 Å². The number of hydrogen-bond acceptors (Lipinski definition) is 2. The monoisotopic (exact) mass is 290 g/mol. The normalized spacial score (nSPS) is 38.4. The molecule has 0 aliphatic heterocycles. The summed E-state index contributed by atoms with van der Waals surface area (Å²) in [5.41, 5.74) is 1.46. The molecule has 2 heteroatoms. The third-order valence-corrected chi connectivity index (χ3v) is 6.13. The van der Waals surface area contributed by atoms with E-state index in [0.29, 0.717) is 11.3 Å². The van der Waals surface area contributed by atoms with E-state index < -0.39 is 5.60 Å². The van der Waals surface area contributed by atoms with Crippen LogP contribution in [0.25, 0.3) is 0 Å². The van der Waals surface area contributed by atoms with Crippen LogP contribution < -0.4 is 0 Å². The predicted molar refractivity (Wildman–Crippen MR) is 85.9 cm³/mol. The summed E-state index contributed by atoms with van der Waals surface area (Å²) < 4.78 is 0. The van der Waals surface area contributed by atoms with E-state index in [1.54, 1.807) is 5.57 Å². The van der Waals surface area contributed by atoms with Gasteiger partial charge in [0.2, 0.25) is 0 Å². The third-order valence-electron chi connectivity index (χ3n) is 6.13. The average molecular weight is 290 g/mol. The lowest BCUT2D eigenvalue weighted by atomic mass is 9.62. The van der Waals surface area contributed by atoms with Crippen LogP contribution in [-0.4, -0.2) is 21.9 Å². The van der Waals surface area contributed by atoms with Crippen molar-refractivity contribution < 1.29 is 10.2 Å². The molecule has 21 heavy (non-hydrogen) atoms. The minimum atomic E-state index is -0.715. The molecule has 2 nitrogen and oxygen atoms in total. The first-order chi connectivity index (χ1) is 9.77. The zero-order valence-corrected chi connectivity index (χ0v) is 13.7.